The summed E-state index contributed by atoms with van der Waals surface area (Å²) in [5, 5.41) is 3.33. The maximum absolute atomic E-state index is 12.2. The molecule has 1 saturated heterocycles. The third-order valence-electron chi connectivity index (χ3n) is 4.54. The van der Waals surface area contributed by atoms with Crippen LogP contribution in [0.3, 0.4) is 0 Å². The summed E-state index contributed by atoms with van der Waals surface area (Å²) in [6.07, 6.45) is 0.874. The van der Waals surface area contributed by atoms with Gasteiger partial charge >= 0.3 is 0 Å². The van der Waals surface area contributed by atoms with Crippen molar-refractivity contribution in [3.8, 4) is 5.75 Å². The van der Waals surface area contributed by atoms with Gasteiger partial charge in [-0.1, -0.05) is 25.1 Å². The van der Waals surface area contributed by atoms with E-state index in [-0.39, 0.29) is 11.9 Å². The predicted molar refractivity (Wildman–Crippen MR) is 102 cm³/mol. The van der Waals surface area contributed by atoms with Gasteiger partial charge < -0.3 is 15.0 Å². The summed E-state index contributed by atoms with van der Waals surface area (Å²) in [4.78, 5) is 6.33. The second-order valence-electron chi connectivity index (χ2n) is 6.89. The maximum atomic E-state index is 12.2. The van der Waals surface area contributed by atoms with Gasteiger partial charge in [-0.25, -0.2) is 8.42 Å². The van der Waals surface area contributed by atoms with E-state index in [0.29, 0.717) is 19.6 Å². The number of nitrogens with zero attached hydrogens (tertiary/aromatic N) is 2. The Bertz CT molecular complexity index is 687. The van der Waals surface area contributed by atoms with Gasteiger partial charge in [0.15, 0.2) is 15.8 Å². The molecular formula is C18H29N3O3S. The van der Waals surface area contributed by atoms with E-state index in [9.17, 15) is 8.42 Å². The normalized spacial score (nSPS) is 20.8. The van der Waals surface area contributed by atoms with Crippen LogP contribution in [0.1, 0.15) is 27.2 Å². The summed E-state index contributed by atoms with van der Waals surface area (Å²) in [6, 6.07) is 9.74. The number of ether oxygens (including phenoxy) is 1. The number of para-hydroxylation sites is 1. The maximum Gasteiger partial charge on any atom is 0.193 e. The summed E-state index contributed by atoms with van der Waals surface area (Å²) in [5.74, 6) is 1.72. The first-order valence-electron chi connectivity index (χ1n) is 8.68. The Balaban J connectivity index is 1.95. The molecule has 2 rings (SSSR count). The average molecular weight is 368 g/mol. The molecular weight excluding hydrogens is 338 g/mol. The minimum Gasteiger partial charge on any atom is -0.489 e. The monoisotopic (exact) mass is 367 g/mol. The van der Waals surface area contributed by atoms with Crippen molar-refractivity contribution in [3.05, 3.63) is 30.3 Å². The van der Waals surface area contributed by atoms with Gasteiger partial charge in [0.05, 0.1) is 17.0 Å². The van der Waals surface area contributed by atoms with E-state index in [1.165, 1.54) is 0 Å². The molecule has 1 aromatic carbocycles. The Morgan fingerprint density at radius 2 is 2.04 bits per heavy atom. The molecule has 0 aromatic heterocycles. The van der Waals surface area contributed by atoms with Crippen LogP contribution in [0.5, 0.6) is 5.75 Å². The van der Waals surface area contributed by atoms with E-state index in [0.717, 1.165) is 18.1 Å². The van der Waals surface area contributed by atoms with Crippen molar-refractivity contribution in [2.75, 3.05) is 32.4 Å². The lowest BCUT2D eigenvalue weighted by Crippen LogP contribution is -2.57. The molecule has 0 spiro atoms. The zero-order valence-electron chi connectivity index (χ0n) is 15.5. The largest absolute Gasteiger partial charge is 0.489 e. The second kappa shape index (κ2) is 8.08. The molecule has 1 unspecified atom stereocenters. The van der Waals surface area contributed by atoms with E-state index in [1.54, 1.807) is 20.9 Å². The van der Waals surface area contributed by atoms with Crippen LogP contribution in [-0.2, 0) is 9.84 Å². The topological polar surface area (TPSA) is 71.0 Å². The molecule has 1 aliphatic rings. The fourth-order valence-corrected chi connectivity index (χ4v) is 4.19. The summed E-state index contributed by atoms with van der Waals surface area (Å²) in [7, 11) is -1.34. The zero-order valence-corrected chi connectivity index (χ0v) is 16.3. The van der Waals surface area contributed by atoms with E-state index < -0.39 is 14.6 Å². The van der Waals surface area contributed by atoms with Gasteiger partial charge in [-0.15, -0.1) is 0 Å². The lowest BCUT2D eigenvalue weighted by molar-refractivity contribution is 0.197. The molecule has 1 fully saturated rings. The molecule has 0 bridgehead atoms. The van der Waals surface area contributed by atoms with Crippen molar-refractivity contribution in [1.29, 1.82) is 0 Å². The van der Waals surface area contributed by atoms with Gasteiger partial charge in [-0.05, 0) is 32.4 Å². The Kier molecular flexibility index (Phi) is 6.32. The number of guanidine groups is 1. The fraction of sp³-hybridized carbons (Fsp3) is 0.611. The van der Waals surface area contributed by atoms with E-state index in [4.69, 9.17) is 4.74 Å². The number of hydrogen-bond donors (Lipinski definition) is 1. The Hall–Kier alpha value is -1.76. The second-order valence-corrected chi connectivity index (χ2v) is 9.63. The molecule has 1 aromatic rings. The Morgan fingerprint density at radius 1 is 1.36 bits per heavy atom. The smallest absolute Gasteiger partial charge is 0.193 e. The predicted octanol–water partition coefficient (Wildman–Crippen LogP) is 1.93. The molecule has 140 valence electrons. The number of hydrogen-bond acceptors (Lipinski definition) is 4. The number of aliphatic imine (C=N–C) groups is 1. The standard InChI is InChI=1S/C18H29N3O3S/c1-5-15(24-16-9-7-6-8-10-16)13-20-17(19-4)21-11-12-25(22,23)18(2,3)14-21/h6-10,15H,5,11-14H2,1-4H3,(H,19,20). The van der Waals surface area contributed by atoms with Crippen LogP contribution in [-0.4, -0.2) is 62.6 Å². The van der Waals surface area contributed by atoms with E-state index in [1.807, 2.05) is 35.2 Å². The van der Waals surface area contributed by atoms with Crippen LogP contribution in [0.2, 0.25) is 0 Å². The Labute approximate surface area is 151 Å². The van der Waals surface area contributed by atoms with Crippen LogP contribution in [0.15, 0.2) is 35.3 Å². The van der Waals surface area contributed by atoms with Gasteiger partial charge in [0.25, 0.3) is 0 Å². The minimum absolute atomic E-state index is 0.0145. The summed E-state index contributed by atoms with van der Waals surface area (Å²) < 4.78 is 29.6. The zero-order chi connectivity index (χ0) is 18.5. The van der Waals surface area contributed by atoms with Crippen LogP contribution in [0.25, 0.3) is 0 Å². The van der Waals surface area contributed by atoms with Crippen LogP contribution < -0.4 is 10.1 Å². The molecule has 7 heteroatoms. The lowest BCUT2D eigenvalue weighted by atomic mass is 10.2. The van der Waals surface area contributed by atoms with Gasteiger partial charge in [0.2, 0.25) is 0 Å². The molecule has 0 saturated carbocycles. The molecule has 1 heterocycles. The third kappa shape index (κ3) is 4.87. The molecule has 1 N–H and O–H groups in total. The van der Waals surface area contributed by atoms with Crippen LogP contribution in [0, 0.1) is 0 Å². The van der Waals surface area contributed by atoms with Crippen molar-refractivity contribution in [3.63, 3.8) is 0 Å². The lowest BCUT2D eigenvalue weighted by Gasteiger charge is -2.39. The van der Waals surface area contributed by atoms with E-state index >= 15 is 0 Å². The average Bonchev–Trinajstić information content (AvgIpc) is 2.58. The molecule has 1 aliphatic heterocycles. The number of rotatable bonds is 5. The highest BCUT2D eigenvalue weighted by atomic mass is 32.2. The van der Waals surface area contributed by atoms with Crippen molar-refractivity contribution in [1.82, 2.24) is 10.2 Å². The first-order chi connectivity index (χ1) is 11.8. The number of benzene rings is 1. The first-order valence-corrected chi connectivity index (χ1v) is 10.3. The minimum atomic E-state index is -3.06. The first kappa shape index (κ1) is 19.6. The summed E-state index contributed by atoms with van der Waals surface area (Å²) >= 11 is 0. The van der Waals surface area contributed by atoms with Gasteiger partial charge in [0.1, 0.15) is 11.9 Å². The van der Waals surface area contributed by atoms with Gasteiger partial charge in [0, 0.05) is 20.1 Å². The quantitative estimate of drug-likeness (QED) is 0.636. The molecule has 0 aliphatic carbocycles. The third-order valence-corrected chi connectivity index (χ3v) is 7.08. The van der Waals surface area contributed by atoms with Crippen LogP contribution >= 0.6 is 0 Å². The summed E-state index contributed by atoms with van der Waals surface area (Å²) in [5.41, 5.74) is 0. The highest BCUT2D eigenvalue weighted by Crippen LogP contribution is 2.23. The molecule has 0 radical (unpaired) electrons. The van der Waals surface area contributed by atoms with Crippen LogP contribution in [0.4, 0.5) is 0 Å². The Morgan fingerprint density at radius 3 is 2.60 bits per heavy atom. The fourth-order valence-electron chi connectivity index (χ4n) is 2.82. The number of nitrogens with one attached hydrogen (secondary N) is 1. The van der Waals surface area contributed by atoms with Crippen molar-refractivity contribution < 1.29 is 13.2 Å². The highest BCUT2D eigenvalue weighted by molar-refractivity contribution is 7.92. The van der Waals surface area contributed by atoms with E-state index in [2.05, 4.69) is 17.2 Å². The summed E-state index contributed by atoms with van der Waals surface area (Å²) in [6.45, 7) is 7.13. The molecule has 6 nitrogen and oxygen atoms in total. The van der Waals surface area contributed by atoms with Gasteiger partial charge in [-0.2, -0.15) is 0 Å². The highest BCUT2D eigenvalue weighted by Gasteiger charge is 2.41. The molecule has 1 atom stereocenters. The molecule has 0 amide bonds. The van der Waals surface area contributed by atoms with Gasteiger partial charge in [-0.3, -0.25) is 4.99 Å². The molecule has 25 heavy (non-hydrogen) atoms. The SMILES string of the molecule is CCC(CNC(=NC)N1CCS(=O)(=O)C(C)(C)C1)Oc1ccccc1. The van der Waals surface area contributed by atoms with Crippen molar-refractivity contribution in [2.45, 2.75) is 38.0 Å². The van der Waals surface area contributed by atoms with Crippen molar-refractivity contribution >= 4 is 15.8 Å². The van der Waals surface area contributed by atoms with Crippen molar-refractivity contribution in [2.24, 2.45) is 4.99 Å². The number of sulfone groups is 1.